The number of nitrogens with zero attached hydrogens (tertiary/aromatic N) is 4. The van der Waals surface area contributed by atoms with Crippen molar-refractivity contribution in [2.45, 2.75) is 0 Å². The Morgan fingerprint density at radius 1 is 0.706 bits per heavy atom. The largest absolute Gasteiger partial charge is 0.369 e. The van der Waals surface area contributed by atoms with Crippen LogP contribution in [0.1, 0.15) is 11.3 Å². The SMILES string of the molecule is Nc1nc2[nH]c(-c3ccnc(/C=C/c4ccc(F)cc4)c3)cc2c(=O)[nH]1.O=c1[nH]cnc2[nH]c(-c3ccnc(-c4cc5ccccc5s4)c3)cc12. The van der Waals surface area contributed by atoms with Crippen molar-refractivity contribution in [3.05, 3.63) is 147 Å². The maximum absolute atomic E-state index is 13.0. The predicted octanol–water partition coefficient (Wildman–Crippen LogP) is 7.40. The minimum absolute atomic E-state index is 0.0635. The van der Waals surface area contributed by atoms with E-state index in [1.54, 1.807) is 41.9 Å². The van der Waals surface area contributed by atoms with E-state index in [2.05, 4.69) is 58.1 Å². The molecule has 0 aliphatic carbocycles. The molecule has 51 heavy (non-hydrogen) atoms. The van der Waals surface area contributed by atoms with Crippen LogP contribution >= 0.6 is 11.3 Å². The Morgan fingerprint density at radius 3 is 2.22 bits per heavy atom. The lowest BCUT2D eigenvalue weighted by molar-refractivity contribution is 0.628. The van der Waals surface area contributed by atoms with Gasteiger partial charge < -0.3 is 20.7 Å². The zero-order chi connectivity index (χ0) is 34.9. The van der Waals surface area contributed by atoms with Crippen LogP contribution in [-0.2, 0) is 0 Å². The van der Waals surface area contributed by atoms with Crippen molar-refractivity contribution in [2.24, 2.45) is 0 Å². The third-order valence-electron chi connectivity index (χ3n) is 8.10. The van der Waals surface area contributed by atoms with E-state index in [1.807, 2.05) is 54.6 Å². The Hall–Kier alpha value is -6.99. The quantitative estimate of drug-likeness (QED) is 0.125. The summed E-state index contributed by atoms with van der Waals surface area (Å²) in [5.41, 5.74) is 12.1. The molecule has 9 rings (SSSR count). The summed E-state index contributed by atoms with van der Waals surface area (Å²) in [5, 5.41) is 2.21. The zero-order valence-electron chi connectivity index (χ0n) is 26.5. The van der Waals surface area contributed by atoms with Crippen LogP contribution in [0, 0.1) is 5.82 Å². The summed E-state index contributed by atoms with van der Waals surface area (Å²) in [7, 11) is 0. The molecule has 0 fully saturated rings. The number of aromatic nitrogens is 8. The molecular formula is C38H26FN9O2S. The van der Waals surface area contributed by atoms with Gasteiger partial charge in [-0.25, -0.2) is 9.37 Å². The van der Waals surface area contributed by atoms with Gasteiger partial charge in [-0.15, -0.1) is 11.3 Å². The first-order valence-electron chi connectivity index (χ1n) is 15.7. The molecule has 0 radical (unpaired) electrons. The van der Waals surface area contributed by atoms with E-state index in [9.17, 15) is 14.0 Å². The van der Waals surface area contributed by atoms with E-state index in [1.165, 1.54) is 28.5 Å². The molecule has 13 heteroatoms. The lowest BCUT2D eigenvalue weighted by atomic mass is 10.1. The molecule has 0 aliphatic rings. The number of thiophene rings is 1. The van der Waals surface area contributed by atoms with Crippen LogP contribution in [-0.4, -0.2) is 39.9 Å². The molecule has 9 aromatic rings. The minimum Gasteiger partial charge on any atom is -0.369 e. The number of H-pyrrole nitrogens is 4. The van der Waals surface area contributed by atoms with Crippen LogP contribution in [0.2, 0.25) is 0 Å². The van der Waals surface area contributed by atoms with E-state index in [-0.39, 0.29) is 22.9 Å². The third kappa shape index (κ3) is 6.56. The van der Waals surface area contributed by atoms with Gasteiger partial charge in [-0.1, -0.05) is 36.4 Å². The van der Waals surface area contributed by atoms with Crippen LogP contribution in [0.3, 0.4) is 0 Å². The van der Waals surface area contributed by atoms with Crippen molar-refractivity contribution >= 4 is 61.6 Å². The molecule has 0 spiro atoms. The molecule has 11 nitrogen and oxygen atoms in total. The molecule has 7 aromatic heterocycles. The summed E-state index contributed by atoms with van der Waals surface area (Å²) in [6.07, 6.45) is 8.56. The first-order chi connectivity index (χ1) is 24.9. The molecule has 6 N–H and O–H groups in total. The number of rotatable bonds is 5. The van der Waals surface area contributed by atoms with Gasteiger partial charge in [0.2, 0.25) is 5.95 Å². The van der Waals surface area contributed by atoms with E-state index in [0.717, 1.165) is 44.3 Å². The second-order valence-corrected chi connectivity index (χ2v) is 12.6. The van der Waals surface area contributed by atoms with Crippen LogP contribution < -0.4 is 16.9 Å². The van der Waals surface area contributed by atoms with Crippen LogP contribution in [0.4, 0.5) is 10.3 Å². The number of pyridine rings is 2. The highest BCUT2D eigenvalue weighted by Crippen LogP contribution is 2.34. The van der Waals surface area contributed by atoms with Gasteiger partial charge in [0, 0.05) is 39.6 Å². The summed E-state index contributed by atoms with van der Waals surface area (Å²) < 4.78 is 14.2. The fourth-order valence-electron chi connectivity index (χ4n) is 5.60. The standard InChI is InChI=1S/C19H14FN5O.C19H12N4OS/c20-13-4-1-11(2-5-13)3-6-14-9-12(7-8-22-14)16-10-15-17(23-16)24-19(21)25-18(15)26;24-19-13-9-14(23-18(13)21-10-22-19)11-5-6-20-15(7-11)17-8-12-3-1-2-4-16(12)25-17/h1-10H,(H4,21,23,24,25,26);1-10H,(H2,21,22,23,24)/b6-3+;. The summed E-state index contributed by atoms with van der Waals surface area (Å²) in [6.45, 7) is 0. The van der Waals surface area contributed by atoms with Gasteiger partial charge in [0.1, 0.15) is 17.1 Å². The number of hydrogen-bond acceptors (Lipinski definition) is 8. The molecule has 0 atom stereocenters. The number of aromatic amines is 4. The number of nitrogens with one attached hydrogen (secondary N) is 4. The normalized spacial score (nSPS) is 11.4. The molecule has 0 unspecified atom stereocenters. The molecule has 2 aromatic carbocycles. The van der Waals surface area contributed by atoms with Gasteiger partial charge in [0.05, 0.1) is 33.4 Å². The van der Waals surface area contributed by atoms with Crippen molar-refractivity contribution < 1.29 is 4.39 Å². The fraction of sp³-hybridized carbons (Fsp3) is 0. The van der Waals surface area contributed by atoms with E-state index >= 15 is 0 Å². The first-order valence-corrected chi connectivity index (χ1v) is 16.5. The number of benzene rings is 2. The molecule has 0 saturated heterocycles. The molecule has 0 aliphatic heterocycles. The monoisotopic (exact) mass is 691 g/mol. The molecular weight excluding hydrogens is 666 g/mol. The van der Waals surface area contributed by atoms with Gasteiger partial charge in [0.25, 0.3) is 11.1 Å². The van der Waals surface area contributed by atoms with Gasteiger partial charge in [-0.05, 0) is 77.7 Å². The molecule has 248 valence electrons. The summed E-state index contributed by atoms with van der Waals surface area (Å²) in [4.78, 5) is 53.4. The highest BCUT2D eigenvalue weighted by Gasteiger charge is 2.11. The van der Waals surface area contributed by atoms with E-state index in [0.29, 0.717) is 22.1 Å². The highest BCUT2D eigenvalue weighted by atomic mass is 32.1. The zero-order valence-corrected chi connectivity index (χ0v) is 27.3. The van der Waals surface area contributed by atoms with Crippen molar-refractivity contribution in [2.75, 3.05) is 5.73 Å². The topological polar surface area (TPSA) is 175 Å². The molecule has 7 heterocycles. The lowest BCUT2D eigenvalue weighted by Crippen LogP contribution is -2.09. The van der Waals surface area contributed by atoms with Crippen molar-refractivity contribution in [3.63, 3.8) is 0 Å². The highest BCUT2D eigenvalue weighted by molar-refractivity contribution is 7.22. The Balaban J connectivity index is 0.000000147. The Kier molecular flexibility index (Phi) is 8.06. The summed E-state index contributed by atoms with van der Waals surface area (Å²) in [5.74, 6) is -0.209. The molecule has 0 saturated carbocycles. The van der Waals surface area contributed by atoms with Gasteiger partial charge >= 0.3 is 0 Å². The molecule has 0 bridgehead atoms. The van der Waals surface area contributed by atoms with Gasteiger partial charge in [0.15, 0.2) is 0 Å². The van der Waals surface area contributed by atoms with Gasteiger partial charge in [-0.2, -0.15) is 4.98 Å². The Labute approximate surface area is 291 Å². The molecule has 0 amide bonds. The summed E-state index contributed by atoms with van der Waals surface area (Å²) >= 11 is 1.72. The number of hydrogen-bond donors (Lipinski definition) is 5. The first kappa shape index (κ1) is 31.3. The average molecular weight is 692 g/mol. The Bertz CT molecular complexity index is 2820. The number of nitrogen functional groups attached to an aromatic ring is 1. The van der Waals surface area contributed by atoms with Crippen LogP contribution in [0.25, 0.3) is 77.4 Å². The van der Waals surface area contributed by atoms with Crippen LogP contribution in [0.15, 0.2) is 119 Å². The van der Waals surface area contributed by atoms with Crippen LogP contribution in [0.5, 0.6) is 0 Å². The smallest absolute Gasteiger partial charge is 0.261 e. The fourth-order valence-corrected chi connectivity index (χ4v) is 6.63. The number of halogens is 1. The third-order valence-corrected chi connectivity index (χ3v) is 9.24. The predicted molar refractivity (Wildman–Crippen MR) is 200 cm³/mol. The van der Waals surface area contributed by atoms with Crippen molar-refractivity contribution in [3.8, 4) is 33.1 Å². The lowest BCUT2D eigenvalue weighted by Gasteiger charge is -2.01. The maximum atomic E-state index is 13.0. The van der Waals surface area contributed by atoms with E-state index in [4.69, 9.17) is 5.73 Å². The second-order valence-electron chi connectivity index (χ2n) is 11.5. The number of fused-ring (bicyclic) bond motifs is 3. The van der Waals surface area contributed by atoms with E-state index < -0.39 is 0 Å². The minimum atomic E-state index is -0.291. The van der Waals surface area contributed by atoms with Crippen molar-refractivity contribution in [1.29, 1.82) is 0 Å². The van der Waals surface area contributed by atoms with Crippen molar-refractivity contribution in [1.82, 2.24) is 39.9 Å². The number of anilines is 1. The summed E-state index contributed by atoms with van der Waals surface area (Å²) in [6, 6.07) is 27.9. The average Bonchev–Trinajstić information content (AvgIpc) is 3.90. The maximum Gasteiger partial charge on any atom is 0.261 e. The van der Waals surface area contributed by atoms with Gasteiger partial charge in [-0.3, -0.25) is 24.5 Å². The number of nitrogens with two attached hydrogens (primary N) is 1. The second kappa shape index (κ2) is 13.1. The Morgan fingerprint density at radius 2 is 1.43 bits per heavy atom.